The molecule has 2 aromatic rings. The van der Waals surface area contributed by atoms with Crippen LogP contribution in [-0.2, 0) is 11.8 Å². The molecule has 1 saturated carbocycles. The molecule has 6 heteroatoms. The van der Waals surface area contributed by atoms with Crippen molar-refractivity contribution >= 4 is 23.7 Å². The van der Waals surface area contributed by atoms with Gasteiger partial charge in [0, 0.05) is 37.0 Å². The summed E-state index contributed by atoms with van der Waals surface area (Å²) in [7, 11) is 1.78. The van der Waals surface area contributed by atoms with Gasteiger partial charge in [-0.05, 0) is 36.6 Å². The molecule has 0 aliphatic heterocycles. The van der Waals surface area contributed by atoms with Crippen LogP contribution in [0.4, 0.5) is 5.82 Å². The predicted octanol–water partition coefficient (Wildman–Crippen LogP) is 1.96. The fourth-order valence-electron chi connectivity index (χ4n) is 2.06. The Morgan fingerprint density at radius 3 is 2.57 bits per heavy atom. The molecule has 1 fully saturated rings. The van der Waals surface area contributed by atoms with Crippen molar-refractivity contribution in [3.63, 3.8) is 0 Å². The van der Waals surface area contributed by atoms with Crippen LogP contribution in [0.3, 0.4) is 0 Å². The summed E-state index contributed by atoms with van der Waals surface area (Å²) in [4.78, 5) is 23.7. The first kappa shape index (κ1) is 15.0. The number of carbonyl (C=O) groups excluding carboxylic acids is 2. The molecule has 6 nitrogen and oxygen atoms in total. The molecule has 2 N–H and O–H groups in total. The molecule has 0 spiro atoms. The largest absolute Gasteiger partial charge is 0.349 e. The molecule has 0 atom stereocenters. The van der Waals surface area contributed by atoms with E-state index in [4.69, 9.17) is 0 Å². The number of benzene rings is 1. The molecule has 1 aromatic heterocycles. The third-order valence-electron chi connectivity index (χ3n) is 3.48. The van der Waals surface area contributed by atoms with E-state index in [0.717, 1.165) is 18.4 Å². The first-order chi connectivity index (χ1) is 11.1. The van der Waals surface area contributed by atoms with Crippen LogP contribution in [0, 0.1) is 0 Å². The van der Waals surface area contributed by atoms with Crippen LogP contribution >= 0.6 is 0 Å². The van der Waals surface area contributed by atoms with Crippen LogP contribution in [0.2, 0.25) is 0 Å². The summed E-state index contributed by atoms with van der Waals surface area (Å²) in [6, 6.07) is 9.21. The monoisotopic (exact) mass is 310 g/mol. The lowest BCUT2D eigenvalue weighted by molar-refractivity contribution is -0.111. The van der Waals surface area contributed by atoms with Crippen LogP contribution in [0.5, 0.6) is 0 Å². The Kier molecular flexibility index (Phi) is 4.23. The number of amides is 2. The van der Waals surface area contributed by atoms with E-state index in [9.17, 15) is 9.59 Å². The number of aromatic nitrogens is 2. The lowest BCUT2D eigenvalue weighted by Gasteiger charge is -2.03. The molecule has 0 radical (unpaired) electrons. The van der Waals surface area contributed by atoms with Gasteiger partial charge in [0.05, 0.1) is 0 Å². The highest BCUT2D eigenvalue weighted by Gasteiger charge is 2.23. The molecule has 1 aromatic carbocycles. The van der Waals surface area contributed by atoms with Gasteiger partial charge in [-0.3, -0.25) is 14.3 Å². The number of aryl methyl sites for hydroxylation is 1. The third kappa shape index (κ3) is 4.29. The van der Waals surface area contributed by atoms with Crippen LogP contribution in [-0.4, -0.2) is 27.6 Å². The highest BCUT2D eigenvalue weighted by Crippen LogP contribution is 2.19. The van der Waals surface area contributed by atoms with Gasteiger partial charge < -0.3 is 10.6 Å². The van der Waals surface area contributed by atoms with Gasteiger partial charge in [0.2, 0.25) is 5.91 Å². The average Bonchev–Trinajstić information content (AvgIpc) is 3.26. The van der Waals surface area contributed by atoms with Gasteiger partial charge in [-0.1, -0.05) is 12.1 Å². The quantitative estimate of drug-likeness (QED) is 0.829. The van der Waals surface area contributed by atoms with E-state index in [1.807, 2.05) is 12.1 Å². The van der Waals surface area contributed by atoms with Crippen molar-refractivity contribution in [3.8, 4) is 0 Å². The minimum absolute atomic E-state index is 0.0454. The standard InChI is InChI=1S/C17H18N4O2/c1-21-11-10-15(20-21)19-16(22)9-4-12-2-5-13(6-3-12)17(23)18-14-7-8-14/h2-6,9-11,14H,7-8H2,1H3,(H,18,23)(H,19,20,22)/b9-4+. The minimum atomic E-state index is -0.251. The number of nitrogens with one attached hydrogen (secondary N) is 2. The van der Waals surface area contributed by atoms with Gasteiger partial charge in [-0.15, -0.1) is 0 Å². The Balaban J connectivity index is 1.56. The molecule has 1 heterocycles. The first-order valence-electron chi connectivity index (χ1n) is 7.50. The molecule has 1 aliphatic carbocycles. The van der Waals surface area contributed by atoms with Crippen molar-refractivity contribution in [1.82, 2.24) is 15.1 Å². The molecule has 0 saturated heterocycles. The molecule has 23 heavy (non-hydrogen) atoms. The Morgan fingerprint density at radius 1 is 1.22 bits per heavy atom. The van der Waals surface area contributed by atoms with Crippen molar-refractivity contribution in [2.75, 3.05) is 5.32 Å². The summed E-state index contributed by atoms with van der Waals surface area (Å²) in [5, 5.41) is 9.68. The zero-order chi connectivity index (χ0) is 16.2. The second-order valence-corrected chi connectivity index (χ2v) is 5.57. The molecule has 118 valence electrons. The highest BCUT2D eigenvalue weighted by molar-refractivity contribution is 6.01. The SMILES string of the molecule is Cn1ccc(NC(=O)/C=C/c2ccc(C(=O)NC3CC3)cc2)n1. The maximum atomic E-state index is 11.9. The summed E-state index contributed by atoms with van der Waals surface area (Å²) in [5.41, 5.74) is 1.48. The Hall–Kier alpha value is -2.89. The summed E-state index contributed by atoms with van der Waals surface area (Å²) in [6.07, 6.45) is 7.02. The van der Waals surface area contributed by atoms with Crippen LogP contribution in [0.15, 0.2) is 42.6 Å². The summed E-state index contributed by atoms with van der Waals surface area (Å²) >= 11 is 0. The number of hydrogen-bond donors (Lipinski definition) is 2. The van der Waals surface area contributed by atoms with Crippen molar-refractivity contribution in [2.45, 2.75) is 18.9 Å². The zero-order valence-corrected chi connectivity index (χ0v) is 12.8. The average molecular weight is 310 g/mol. The van der Waals surface area contributed by atoms with E-state index in [1.54, 1.807) is 42.2 Å². The van der Waals surface area contributed by atoms with Gasteiger partial charge in [-0.2, -0.15) is 5.10 Å². The smallest absolute Gasteiger partial charge is 0.251 e. The lowest BCUT2D eigenvalue weighted by atomic mass is 10.1. The maximum Gasteiger partial charge on any atom is 0.251 e. The van der Waals surface area contributed by atoms with E-state index in [1.165, 1.54) is 6.08 Å². The maximum absolute atomic E-state index is 11.9. The number of carbonyl (C=O) groups is 2. The number of hydrogen-bond acceptors (Lipinski definition) is 3. The Morgan fingerprint density at radius 2 is 1.96 bits per heavy atom. The van der Waals surface area contributed by atoms with E-state index in [-0.39, 0.29) is 11.8 Å². The molecular weight excluding hydrogens is 292 g/mol. The van der Waals surface area contributed by atoms with Gasteiger partial charge in [0.15, 0.2) is 5.82 Å². The number of nitrogens with zero attached hydrogens (tertiary/aromatic N) is 2. The van der Waals surface area contributed by atoms with E-state index < -0.39 is 0 Å². The number of anilines is 1. The van der Waals surface area contributed by atoms with Crippen molar-refractivity contribution in [2.24, 2.45) is 7.05 Å². The molecule has 0 bridgehead atoms. The van der Waals surface area contributed by atoms with Crippen LogP contribution in [0.25, 0.3) is 6.08 Å². The second-order valence-electron chi connectivity index (χ2n) is 5.57. The molecular formula is C17H18N4O2. The summed E-state index contributed by atoms with van der Waals surface area (Å²) in [5.74, 6) is 0.212. The normalized spacial score (nSPS) is 14.0. The molecule has 2 amide bonds. The third-order valence-corrected chi connectivity index (χ3v) is 3.48. The molecule has 1 aliphatic rings. The van der Waals surface area contributed by atoms with Crippen molar-refractivity contribution in [1.29, 1.82) is 0 Å². The molecule has 0 unspecified atom stereocenters. The topological polar surface area (TPSA) is 76.0 Å². The summed E-state index contributed by atoms with van der Waals surface area (Å²) in [6.45, 7) is 0. The van der Waals surface area contributed by atoms with Gasteiger partial charge in [0.1, 0.15) is 0 Å². The predicted molar refractivity (Wildman–Crippen MR) is 87.8 cm³/mol. The van der Waals surface area contributed by atoms with Crippen molar-refractivity contribution < 1.29 is 9.59 Å². The fourth-order valence-corrected chi connectivity index (χ4v) is 2.06. The van der Waals surface area contributed by atoms with E-state index in [2.05, 4.69) is 15.7 Å². The highest BCUT2D eigenvalue weighted by atomic mass is 16.2. The Labute approximate surface area is 134 Å². The summed E-state index contributed by atoms with van der Waals surface area (Å²) < 4.78 is 1.62. The molecule has 3 rings (SSSR count). The van der Waals surface area contributed by atoms with E-state index >= 15 is 0 Å². The van der Waals surface area contributed by atoms with Gasteiger partial charge in [-0.25, -0.2) is 0 Å². The minimum Gasteiger partial charge on any atom is -0.349 e. The van der Waals surface area contributed by atoms with Gasteiger partial charge >= 0.3 is 0 Å². The zero-order valence-electron chi connectivity index (χ0n) is 12.8. The van der Waals surface area contributed by atoms with Gasteiger partial charge in [0.25, 0.3) is 5.91 Å². The van der Waals surface area contributed by atoms with Crippen LogP contribution < -0.4 is 10.6 Å². The van der Waals surface area contributed by atoms with Crippen molar-refractivity contribution in [3.05, 3.63) is 53.7 Å². The second kappa shape index (κ2) is 6.48. The fraction of sp³-hybridized carbons (Fsp3) is 0.235. The Bertz CT molecular complexity index is 742. The van der Waals surface area contributed by atoms with Crippen LogP contribution in [0.1, 0.15) is 28.8 Å². The lowest BCUT2D eigenvalue weighted by Crippen LogP contribution is -2.25. The number of rotatable bonds is 5. The van der Waals surface area contributed by atoms with E-state index in [0.29, 0.717) is 17.4 Å². The first-order valence-corrected chi connectivity index (χ1v) is 7.50.